The van der Waals surface area contributed by atoms with Crippen molar-refractivity contribution >= 4 is 11.9 Å². The minimum Gasteiger partial charge on any atom is -0.478 e. The summed E-state index contributed by atoms with van der Waals surface area (Å²) >= 11 is 0. The van der Waals surface area contributed by atoms with Gasteiger partial charge in [0.05, 0.1) is 0 Å². The van der Waals surface area contributed by atoms with Gasteiger partial charge in [0, 0.05) is 11.6 Å². The molecule has 0 fully saturated rings. The Labute approximate surface area is 95.3 Å². The second-order valence-electron chi connectivity index (χ2n) is 3.55. The maximum absolute atomic E-state index is 10.7. The fourth-order valence-corrected chi connectivity index (χ4v) is 1.35. The highest BCUT2D eigenvalue weighted by atomic mass is 16.4. The highest BCUT2D eigenvalue weighted by Crippen LogP contribution is 2.11. The van der Waals surface area contributed by atoms with Crippen molar-refractivity contribution in [3.8, 4) is 0 Å². The molecule has 0 aromatic carbocycles. The molecule has 0 aromatic heterocycles. The van der Waals surface area contributed by atoms with Crippen molar-refractivity contribution in [2.24, 2.45) is 0 Å². The van der Waals surface area contributed by atoms with E-state index in [0.29, 0.717) is 12.8 Å². The van der Waals surface area contributed by atoms with Gasteiger partial charge < -0.3 is 10.2 Å². The van der Waals surface area contributed by atoms with Crippen molar-refractivity contribution in [3.05, 3.63) is 24.3 Å². The number of unbranched alkanes of at least 4 members (excludes halogenated alkanes) is 4. The highest BCUT2D eigenvalue weighted by molar-refractivity contribution is 5.94. The summed E-state index contributed by atoms with van der Waals surface area (Å²) in [7, 11) is 0. The van der Waals surface area contributed by atoms with Crippen LogP contribution in [0.15, 0.2) is 24.3 Å². The summed E-state index contributed by atoms with van der Waals surface area (Å²) in [5.41, 5.74) is -0.0313. The molecule has 0 radical (unpaired) electrons. The van der Waals surface area contributed by atoms with Crippen LogP contribution in [-0.4, -0.2) is 22.2 Å². The van der Waals surface area contributed by atoms with Crippen LogP contribution in [0, 0.1) is 0 Å². The molecule has 0 spiro atoms. The third-order valence-corrected chi connectivity index (χ3v) is 2.18. The lowest BCUT2D eigenvalue weighted by molar-refractivity contribution is -0.135. The summed E-state index contributed by atoms with van der Waals surface area (Å²) in [5.74, 6) is -2.35. The van der Waals surface area contributed by atoms with Gasteiger partial charge in [-0.1, -0.05) is 18.9 Å². The minimum atomic E-state index is -1.20. The van der Waals surface area contributed by atoms with Crippen molar-refractivity contribution in [2.45, 2.75) is 38.5 Å². The highest BCUT2D eigenvalue weighted by Gasteiger charge is 2.08. The lowest BCUT2D eigenvalue weighted by Gasteiger charge is -2.01. The van der Waals surface area contributed by atoms with Crippen molar-refractivity contribution in [3.63, 3.8) is 0 Å². The van der Waals surface area contributed by atoms with E-state index in [9.17, 15) is 9.59 Å². The predicted octanol–water partition coefficient (Wildman–Crippen LogP) is 2.61. The Morgan fingerprint density at radius 3 is 2.19 bits per heavy atom. The molecule has 0 heterocycles. The number of aliphatic carboxylic acids is 2. The van der Waals surface area contributed by atoms with Gasteiger partial charge in [-0.15, -0.1) is 6.58 Å². The van der Waals surface area contributed by atoms with Gasteiger partial charge in [0.2, 0.25) is 0 Å². The lowest BCUT2D eigenvalue weighted by atomic mass is 10.1. The number of hydrogen-bond acceptors (Lipinski definition) is 2. The monoisotopic (exact) mass is 226 g/mol. The van der Waals surface area contributed by atoms with Gasteiger partial charge in [0.25, 0.3) is 0 Å². The van der Waals surface area contributed by atoms with Gasteiger partial charge in [-0.2, -0.15) is 0 Å². The Bertz CT molecular complexity index is 279. The van der Waals surface area contributed by atoms with Gasteiger partial charge in [-0.3, -0.25) is 0 Å². The average Bonchev–Trinajstić information content (AvgIpc) is 2.20. The molecule has 0 aromatic rings. The van der Waals surface area contributed by atoms with E-state index >= 15 is 0 Å². The zero-order valence-corrected chi connectivity index (χ0v) is 9.32. The maximum atomic E-state index is 10.7. The normalized spacial score (nSPS) is 11.1. The molecule has 16 heavy (non-hydrogen) atoms. The van der Waals surface area contributed by atoms with E-state index in [2.05, 4.69) is 6.58 Å². The summed E-state index contributed by atoms with van der Waals surface area (Å²) in [6, 6.07) is 0. The van der Waals surface area contributed by atoms with E-state index in [0.717, 1.165) is 31.8 Å². The molecule has 0 saturated heterocycles. The Morgan fingerprint density at radius 1 is 1.06 bits per heavy atom. The van der Waals surface area contributed by atoms with Gasteiger partial charge in [-0.25, -0.2) is 9.59 Å². The first-order valence-corrected chi connectivity index (χ1v) is 5.35. The molecule has 0 atom stereocenters. The number of rotatable bonds is 9. The maximum Gasteiger partial charge on any atom is 0.331 e. The van der Waals surface area contributed by atoms with Crippen LogP contribution in [0.25, 0.3) is 0 Å². The molecule has 0 bridgehead atoms. The molecular weight excluding hydrogens is 208 g/mol. The molecule has 4 heteroatoms. The van der Waals surface area contributed by atoms with Crippen LogP contribution in [0.2, 0.25) is 0 Å². The number of carbonyl (C=O) groups is 2. The number of allylic oxidation sites excluding steroid dienone is 1. The van der Waals surface area contributed by atoms with Crippen molar-refractivity contribution < 1.29 is 19.8 Å². The van der Waals surface area contributed by atoms with E-state index < -0.39 is 11.9 Å². The quantitative estimate of drug-likeness (QED) is 0.360. The van der Waals surface area contributed by atoms with Gasteiger partial charge in [-0.05, 0) is 25.7 Å². The molecule has 4 nitrogen and oxygen atoms in total. The number of carboxylic acids is 2. The van der Waals surface area contributed by atoms with Crippen LogP contribution in [-0.2, 0) is 9.59 Å². The van der Waals surface area contributed by atoms with Crippen LogP contribution in [0.4, 0.5) is 0 Å². The molecule has 0 aliphatic heterocycles. The zero-order chi connectivity index (χ0) is 12.4. The predicted molar refractivity (Wildman–Crippen MR) is 61.3 cm³/mol. The molecule has 0 aliphatic carbocycles. The van der Waals surface area contributed by atoms with E-state index in [1.165, 1.54) is 0 Å². The van der Waals surface area contributed by atoms with Gasteiger partial charge in [0.15, 0.2) is 0 Å². The van der Waals surface area contributed by atoms with Gasteiger partial charge >= 0.3 is 11.9 Å². The largest absolute Gasteiger partial charge is 0.478 e. The van der Waals surface area contributed by atoms with E-state index in [1.54, 1.807) is 0 Å². The second kappa shape index (κ2) is 8.71. The summed E-state index contributed by atoms with van der Waals surface area (Å²) in [4.78, 5) is 21.0. The summed E-state index contributed by atoms with van der Waals surface area (Å²) in [5, 5.41) is 17.2. The van der Waals surface area contributed by atoms with Gasteiger partial charge in [0.1, 0.15) is 0 Å². The number of carboxylic acid groups (broad SMARTS) is 2. The molecule has 90 valence electrons. The topological polar surface area (TPSA) is 74.6 Å². The molecule has 0 amide bonds. The van der Waals surface area contributed by atoms with Crippen LogP contribution >= 0.6 is 0 Å². The minimum absolute atomic E-state index is 0.0313. The molecule has 0 saturated carbocycles. The van der Waals surface area contributed by atoms with Crippen molar-refractivity contribution in [1.82, 2.24) is 0 Å². The van der Waals surface area contributed by atoms with Crippen molar-refractivity contribution in [1.29, 1.82) is 0 Å². The Hall–Kier alpha value is -1.58. The van der Waals surface area contributed by atoms with E-state index in [1.807, 2.05) is 6.08 Å². The van der Waals surface area contributed by atoms with Crippen LogP contribution in [0.5, 0.6) is 0 Å². The lowest BCUT2D eigenvalue weighted by Crippen LogP contribution is -2.04. The van der Waals surface area contributed by atoms with Crippen LogP contribution < -0.4 is 0 Å². The average molecular weight is 226 g/mol. The fourth-order valence-electron chi connectivity index (χ4n) is 1.35. The van der Waals surface area contributed by atoms with Crippen LogP contribution in [0.1, 0.15) is 38.5 Å². The van der Waals surface area contributed by atoms with E-state index in [4.69, 9.17) is 10.2 Å². The van der Waals surface area contributed by atoms with E-state index in [-0.39, 0.29) is 5.57 Å². The summed E-state index contributed by atoms with van der Waals surface area (Å²) < 4.78 is 0. The summed E-state index contributed by atoms with van der Waals surface area (Å²) in [6.07, 6.45) is 7.60. The molecule has 0 unspecified atom stereocenters. The third kappa shape index (κ3) is 7.79. The SMILES string of the molecule is C=CCCCCCC/C(=C/C(=O)O)C(=O)O. The first-order chi connectivity index (χ1) is 7.57. The summed E-state index contributed by atoms with van der Waals surface area (Å²) in [6.45, 7) is 3.61. The fraction of sp³-hybridized carbons (Fsp3) is 0.500. The Balaban J connectivity index is 3.82. The Kier molecular flexibility index (Phi) is 7.85. The zero-order valence-electron chi connectivity index (χ0n) is 9.32. The molecular formula is C12H18O4. The Morgan fingerprint density at radius 2 is 1.69 bits per heavy atom. The smallest absolute Gasteiger partial charge is 0.331 e. The van der Waals surface area contributed by atoms with Crippen molar-refractivity contribution in [2.75, 3.05) is 0 Å². The molecule has 2 N–H and O–H groups in total. The molecule has 0 rings (SSSR count). The first-order valence-electron chi connectivity index (χ1n) is 5.35. The molecule has 0 aliphatic rings. The van der Waals surface area contributed by atoms with Crippen LogP contribution in [0.3, 0.4) is 0 Å². The third-order valence-electron chi connectivity index (χ3n) is 2.18. The second-order valence-corrected chi connectivity index (χ2v) is 3.55. The number of hydrogen-bond donors (Lipinski definition) is 2. The first kappa shape index (κ1) is 14.4. The standard InChI is InChI=1S/C12H18O4/c1-2-3-4-5-6-7-8-10(12(15)16)9-11(13)14/h2,9H,1,3-8H2,(H,13,14)(H,15,16)/b10-9-.